The highest BCUT2D eigenvalue weighted by Crippen LogP contribution is 2.25. The van der Waals surface area contributed by atoms with Gasteiger partial charge in [0.15, 0.2) is 0 Å². The number of carbonyl (C=O) groups excluding carboxylic acids is 2. The quantitative estimate of drug-likeness (QED) is 0.287. The molecule has 0 bridgehead atoms. The zero-order valence-electron chi connectivity index (χ0n) is 15.9. The summed E-state index contributed by atoms with van der Waals surface area (Å²) in [6.07, 6.45) is 1.40. The molecule has 0 unspecified atom stereocenters. The summed E-state index contributed by atoms with van der Waals surface area (Å²) in [5.74, 6) is -1.26. The molecule has 0 aliphatic carbocycles. The van der Waals surface area contributed by atoms with Gasteiger partial charge in [0.05, 0.1) is 16.9 Å². The van der Waals surface area contributed by atoms with Crippen LogP contribution in [0.15, 0.2) is 71.8 Å². The van der Waals surface area contributed by atoms with E-state index in [1.54, 1.807) is 42.5 Å². The van der Waals surface area contributed by atoms with Crippen molar-refractivity contribution in [2.45, 2.75) is 6.61 Å². The van der Waals surface area contributed by atoms with E-state index >= 15 is 0 Å². The zero-order chi connectivity index (χ0) is 22.2. The molecular formula is C22H16Cl3N3O3. The van der Waals surface area contributed by atoms with Crippen LogP contribution in [0.1, 0.15) is 11.1 Å². The first-order valence-electron chi connectivity index (χ1n) is 8.97. The van der Waals surface area contributed by atoms with Crippen LogP contribution in [0.5, 0.6) is 5.75 Å². The second kappa shape index (κ2) is 10.8. The Morgan fingerprint density at radius 2 is 1.65 bits per heavy atom. The van der Waals surface area contributed by atoms with Gasteiger partial charge in [0.2, 0.25) is 0 Å². The molecule has 158 valence electrons. The van der Waals surface area contributed by atoms with Crippen molar-refractivity contribution in [3.63, 3.8) is 0 Å². The van der Waals surface area contributed by atoms with E-state index in [9.17, 15) is 9.59 Å². The molecule has 2 N–H and O–H groups in total. The summed E-state index contributed by atoms with van der Waals surface area (Å²) >= 11 is 17.7. The number of nitrogens with one attached hydrogen (secondary N) is 2. The highest BCUT2D eigenvalue weighted by molar-refractivity contribution is 6.42. The summed E-state index contributed by atoms with van der Waals surface area (Å²) in [7, 11) is 0. The molecule has 0 saturated heterocycles. The average Bonchev–Trinajstić information content (AvgIpc) is 2.76. The molecule has 0 aliphatic rings. The normalized spacial score (nSPS) is 10.7. The number of amides is 2. The molecule has 3 rings (SSSR count). The van der Waals surface area contributed by atoms with Crippen LogP contribution in [-0.4, -0.2) is 18.0 Å². The average molecular weight is 477 g/mol. The van der Waals surface area contributed by atoms with Gasteiger partial charge in [-0.25, -0.2) is 5.43 Å². The maximum absolute atomic E-state index is 12.0. The van der Waals surface area contributed by atoms with Crippen LogP contribution in [0.2, 0.25) is 15.1 Å². The van der Waals surface area contributed by atoms with Crippen LogP contribution >= 0.6 is 34.8 Å². The van der Waals surface area contributed by atoms with E-state index in [4.69, 9.17) is 39.5 Å². The third-order valence-electron chi connectivity index (χ3n) is 3.94. The monoisotopic (exact) mass is 475 g/mol. The molecule has 3 aromatic carbocycles. The van der Waals surface area contributed by atoms with Crippen LogP contribution in [0.25, 0.3) is 0 Å². The molecule has 2 amide bonds. The Kier molecular flexibility index (Phi) is 7.89. The van der Waals surface area contributed by atoms with Crippen molar-refractivity contribution in [2.75, 3.05) is 5.32 Å². The summed E-state index contributed by atoms with van der Waals surface area (Å²) in [6, 6.07) is 19.0. The molecule has 0 atom stereocenters. The summed E-state index contributed by atoms with van der Waals surface area (Å²) < 4.78 is 5.75. The van der Waals surface area contributed by atoms with Crippen LogP contribution in [0, 0.1) is 0 Å². The van der Waals surface area contributed by atoms with E-state index in [0.717, 1.165) is 5.56 Å². The number of halogens is 3. The van der Waals surface area contributed by atoms with Crippen LogP contribution in [0.3, 0.4) is 0 Å². The Morgan fingerprint density at radius 1 is 0.903 bits per heavy atom. The maximum atomic E-state index is 12.0. The van der Waals surface area contributed by atoms with Gasteiger partial charge >= 0.3 is 11.8 Å². The number of rotatable bonds is 6. The zero-order valence-corrected chi connectivity index (χ0v) is 18.2. The van der Waals surface area contributed by atoms with Gasteiger partial charge in [-0.15, -0.1) is 0 Å². The molecule has 31 heavy (non-hydrogen) atoms. The lowest BCUT2D eigenvalue weighted by atomic mass is 10.2. The molecule has 0 spiro atoms. The van der Waals surface area contributed by atoms with Gasteiger partial charge in [-0.05, 0) is 53.6 Å². The van der Waals surface area contributed by atoms with Crippen molar-refractivity contribution in [3.8, 4) is 5.75 Å². The first kappa shape index (κ1) is 22.6. The number of anilines is 1. The van der Waals surface area contributed by atoms with Crippen molar-refractivity contribution in [1.29, 1.82) is 0 Å². The molecule has 0 aromatic heterocycles. The first-order valence-corrected chi connectivity index (χ1v) is 10.1. The number of ether oxygens (including phenoxy) is 1. The molecule has 0 fully saturated rings. The SMILES string of the molecule is O=C(N/N=C\c1cccc(OCc2ccc(Cl)cc2)c1)C(=O)Nc1cc(Cl)ccc1Cl. The molecule has 9 heteroatoms. The number of benzene rings is 3. The van der Waals surface area contributed by atoms with E-state index in [2.05, 4.69) is 15.8 Å². The van der Waals surface area contributed by atoms with E-state index in [1.807, 2.05) is 12.1 Å². The standard InChI is InChI=1S/C22H16Cl3N3O3/c23-16-6-4-14(5-7-16)13-31-18-3-1-2-15(10-18)12-26-28-22(30)21(29)27-20-11-17(24)8-9-19(20)25/h1-12H,13H2,(H,27,29)(H,28,30)/b26-12-. The number of carbonyl (C=O) groups is 2. The molecular weight excluding hydrogens is 461 g/mol. The number of hydrogen-bond donors (Lipinski definition) is 2. The molecule has 0 saturated carbocycles. The third-order valence-corrected chi connectivity index (χ3v) is 4.76. The smallest absolute Gasteiger partial charge is 0.329 e. The highest BCUT2D eigenvalue weighted by atomic mass is 35.5. The van der Waals surface area contributed by atoms with Crippen molar-refractivity contribution in [3.05, 3.63) is 92.9 Å². The van der Waals surface area contributed by atoms with Crippen LogP contribution in [0.4, 0.5) is 5.69 Å². The van der Waals surface area contributed by atoms with Gasteiger partial charge in [0.1, 0.15) is 12.4 Å². The van der Waals surface area contributed by atoms with E-state index in [0.29, 0.717) is 28.0 Å². The van der Waals surface area contributed by atoms with Gasteiger partial charge in [-0.2, -0.15) is 5.10 Å². The molecule has 0 aliphatic heterocycles. The number of hydrogen-bond acceptors (Lipinski definition) is 4. The van der Waals surface area contributed by atoms with Crippen molar-refractivity contribution < 1.29 is 14.3 Å². The topological polar surface area (TPSA) is 79.8 Å². The van der Waals surface area contributed by atoms with E-state index in [1.165, 1.54) is 18.3 Å². The highest BCUT2D eigenvalue weighted by Gasteiger charge is 2.14. The van der Waals surface area contributed by atoms with E-state index < -0.39 is 11.8 Å². The predicted octanol–water partition coefficient (Wildman–Crippen LogP) is 5.31. The molecule has 0 radical (unpaired) electrons. The first-order chi connectivity index (χ1) is 14.9. The summed E-state index contributed by atoms with van der Waals surface area (Å²) in [6.45, 7) is 0.376. The van der Waals surface area contributed by atoms with Gasteiger partial charge < -0.3 is 10.1 Å². The number of hydrazone groups is 1. The van der Waals surface area contributed by atoms with Crippen LogP contribution < -0.4 is 15.5 Å². The second-order valence-electron chi connectivity index (χ2n) is 6.27. The fraction of sp³-hybridized carbons (Fsp3) is 0.0455. The van der Waals surface area contributed by atoms with Gasteiger partial charge in [0, 0.05) is 10.0 Å². The minimum atomic E-state index is -0.956. The minimum Gasteiger partial charge on any atom is -0.489 e. The van der Waals surface area contributed by atoms with E-state index in [-0.39, 0.29) is 10.7 Å². The van der Waals surface area contributed by atoms with Crippen LogP contribution in [-0.2, 0) is 16.2 Å². The minimum absolute atomic E-state index is 0.226. The summed E-state index contributed by atoms with van der Waals surface area (Å²) in [4.78, 5) is 23.9. The van der Waals surface area contributed by atoms with Crippen molar-refractivity contribution >= 4 is 58.5 Å². The molecule has 6 nitrogen and oxygen atoms in total. The Hall–Kier alpha value is -3.06. The van der Waals surface area contributed by atoms with Gasteiger partial charge in [0.25, 0.3) is 0 Å². The lowest BCUT2D eigenvalue weighted by Gasteiger charge is -2.07. The van der Waals surface area contributed by atoms with Gasteiger partial charge in [-0.3, -0.25) is 9.59 Å². The molecule has 3 aromatic rings. The Morgan fingerprint density at radius 3 is 2.42 bits per heavy atom. The largest absolute Gasteiger partial charge is 0.489 e. The maximum Gasteiger partial charge on any atom is 0.329 e. The second-order valence-corrected chi connectivity index (χ2v) is 7.55. The van der Waals surface area contributed by atoms with Crippen molar-refractivity contribution in [1.82, 2.24) is 5.43 Å². The Labute approximate surface area is 193 Å². The summed E-state index contributed by atoms with van der Waals surface area (Å²) in [5, 5.41) is 7.46. The van der Waals surface area contributed by atoms with Gasteiger partial charge in [-0.1, -0.05) is 59.1 Å². The predicted molar refractivity (Wildman–Crippen MR) is 123 cm³/mol. The fourth-order valence-corrected chi connectivity index (χ4v) is 2.88. The lowest BCUT2D eigenvalue weighted by molar-refractivity contribution is -0.136. The Bertz CT molecular complexity index is 1120. The lowest BCUT2D eigenvalue weighted by Crippen LogP contribution is -2.32. The number of nitrogens with zero attached hydrogens (tertiary/aromatic N) is 1. The molecule has 0 heterocycles. The fourth-order valence-electron chi connectivity index (χ4n) is 2.42. The van der Waals surface area contributed by atoms with Crippen molar-refractivity contribution in [2.24, 2.45) is 5.10 Å². The Balaban J connectivity index is 1.53. The third kappa shape index (κ3) is 7.00. The summed E-state index contributed by atoms with van der Waals surface area (Å²) in [5.41, 5.74) is 4.03.